The first-order valence-electron chi connectivity index (χ1n) is 8.25. The Bertz CT molecular complexity index is 687. The summed E-state index contributed by atoms with van der Waals surface area (Å²) in [6.45, 7) is 2.32. The number of nitrogens with two attached hydrogens (primary N) is 1. The molecular weight excluding hydrogens is 346 g/mol. The molecule has 140 valence electrons. The van der Waals surface area contributed by atoms with E-state index in [2.05, 4.69) is 5.32 Å². The topological polar surface area (TPSA) is 111 Å². The Morgan fingerprint density at radius 2 is 2.04 bits per heavy atom. The zero-order chi connectivity index (χ0) is 18.3. The van der Waals surface area contributed by atoms with E-state index in [1.165, 1.54) is 23.5 Å². The van der Waals surface area contributed by atoms with E-state index in [9.17, 15) is 13.2 Å². The summed E-state index contributed by atoms with van der Waals surface area (Å²) in [5, 5.41) is 2.77. The fourth-order valence-electron chi connectivity index (χ4n) is 2.52. The highest BCUT2D eigenvalue weighted by Gasteiger charge is 2.30. The first-order valence-corrected chi connectivity index (χ1v) is 9.69. The Hall–Kier alpha value is -1.68. The first kappa shape index (κ1) is 19.6. The van der Waals surface area contributed by atoms with E-state index in [1.54, 1.807) is 6.07 Å². The highest BCUT2D eigenvalue weighted by atomic mass is 32.2. The number of nitrogens with zero attached hydrogens (tertiary/aromatic N) is 1. The van der Waals surface area contributed by atoms with Crippen LogP contribution in [0.5, 0.6) is 5.75 Å². The Labute approximate surface area is 148 Å². The summed E-state index contributed by atoms with van der Waals surface area (Å²) in [4.78, 5) is 12.2. The minimum absolute atomic E-state index is 0.00786. The zero-order valence-corrected chi connectivity index (χ0v) is 15.2. The molecule has 1 aromatic carbocycles. The number of nitrogens with one attached hydrogen (secondary N) is 1. The maximum atomic E-state index is 12.9. The molecule has 1 fully saturated rings. The van der Waals surface area contributed by atoms with Gasteiger partial charge < -0.3 is 20.5 Å². The molecule has 1 amide bonds. The normalized spacial score (nSPS) is 15.8. The molecule has 1 saturated heterocycles. The lowest BCUT2D eigenvalue weighted by Crippen LogP contribution is -2.40. The summed E-state index contributed by atoms with van der Waals surface area (Å²) in [7, 11) is -2.36. The summed E-state index contributed by atoms with van der Waals surface area (Å²) < 4.78 is 37.5. The van der Waals surface area contributed by atoms with Gasteiger partial charge in [0, 0.05) is 25.2 Å². The van der Waals surface area contributed by atoms with Crippen LogP contribution >= 0.6 is 0 Å². The van der Waals surface area contributed by atoms with E-state index in [0.717, 1.165) is 12.8 Å². The monoisotopic (exact) mass is 371 g/mol. The number of amides is 1. The van der Waals surface area contributed by atoms with Gasteiger partial charge in [-0.15, -0.1) is 0 Å². The quantitative estimate of drug-likeness (QED) is 0.631. The Balaban J connectivity index is 2.23. The molecule has 9 heteroatoms. The lowest BCUT2D eigenvalue weighted by atomic mass is 10.2. The van der Waals surface area contributed by atoms with Crippen LogP contribution in [0.15, 0.2) is 23.1 Å². The van der Waals surface area contributed by atoms with Gasteiger partial charge in [-0.05, 0) is 37.6 Å². The van der Waals surface area contributed by atoms with E-state index in [0.29, 0.717) is 26.3 Å². The van der Waals surface area contributed by atoms with E-state index >= 15 is 0 Å². The lowest BCUT2D eigenvalue weighted by molar-refractivity contribution is 0.0729. The number of methoxy groups -OCH3 is 1. The smallest absolute Gasteiger partial charge is 0.251 e. The maximum absolute atomic E-state index is 12.9. The van der Waals surface area contributed by atoms with Crippen LogP contribution in [0.1, 0.15) is 23.2 Å². The minimum Gasteiger partial charge on any atom is -0.495 e. The molecule has 0 radical (unpaired) electrons. The molecule has 0 aromatic heterocycles. The predicted octanol–water partition coefficient (Wildman–Crippen LogP) is 0.185. The number of hydrogen-bond donors (Lipinski definition) is 2. The van der Waals surface area contributed by atoms with Crippen LogP contribution in [0.2, 0.25) is 0 Å². The Morgan fingerprint density at radius 1 is 1.32 bits per heavy atom. The van der Waals surface area contributed by atoms with Crippen LogP contribution in [0.4, 0.5) is 0 Å². The molecule has 0 aliphatic carbocycles. The van der Waals surface area contributed by atoms with Gasteiger partial charge in [0.25, 0.3) is 5.91 Å². The molecule has 1 heterocycles. The van der Waals surface area contributed by atoms with Crippen molar-refractivity contribution in [2.24, 2.45) is 5.73 Å². The molecule has 0 atom stereocenters. The number of hydrogen-bond acceptors (Lipinski definition) is 6. The number of carbonyl (C=O) groups is 1. The second-order valence-electron chi connectivity index (χ2n) is 5.63. The van der Waals surface area contributed by atoms with Crippen LogP contribution in [-0.2, 0) is 14.8 Å². The largest absolute Gasteiger partial charge is 0.495 e. The fraction of sp³-hybridized carbons (Fsp3) is 0.562. The third-order valence-electron chi connectivity index (χ3n) is 3.93. The number of ether oxygens (including phenoxy) is 2. The molecule has 25 heavy (non-hydrogen) atoms. The minimum atomic E-state index is -3.76. The third kappa shape index (κ3) is 4.91. The average Bonchev–Trinajstić information content (AvgIpc) is 2.65. The highest BCUT2D eigenvalue weighted by Crippen LogP contribution is 2.28. The summed E-state index contributed by atoms with van der Waals surface area (Å²) >= 11 is 0. The SMILES string of the molecule is COc1ccc(C(=O)NCCCCN)cc1S(=O)(=O)N1CCOCC1. The van der Waals surface area contributed by atoms with Crippen molar-refractivity contribution in [3.05, 3.63) is 23.8 Å². The molecule has 0 saturated carbocycles. The third-order valence-corrected chi connectivity index (χ3v) is 5.85. The number of sulfonamides is 1. The van der Waals surface area contributed by atoms with Gasteiger partial charge in [0.1, 0.15) is 10.6 Å². The number of carbonyl (C=O) groups excluding carboxylic acids is 1. The van der Waals surface area contributed by atoms with Crippen LogP contribution in [0.25, 0.3) is 0 Å². The summed E-state index contributed by atoms with van der Waals surface area (Å²) in [6, 6.07) is 4.42. The standard InChI is InChI=1S/C16H25N3O5S/c1-23-14-5-4-13(16(20)18-7-3-2-6-17)12-15(14)25(21,22)19-8-10-24-11-9-19/h4-5,12H,2-3,6-11,17H2,1H3,(H,18,20). The highest BCUT2D eigenvalue weighted by molar-refractivity contribution is 7.89. The van der Waals surface area contributed by atoms with Crippen LogP contribution < -0.4 is 15.8 Å². The van der Waals surface area contributed by atoms with Crippen LogP contribution in [0, 0.1) is 0 Å². The van der Waals surface area contributed by atoms with Crippen molar-refractivity contribution < 1.29 is 22.7 Å². The molecule has 0 spiro atoms. The number of unbranched alkanes of at least 4 members (excludes halogenated alkanes) is 1. The lowest BCUT2D eigenvalue weighted by Gasteiger charge is -2.26. The summed E-state index contributed by atoms with van der Waals surface area (Å²) in [5.74, 6) is -0.107. The molecule has 1 aromatic rings. The second kappa shape index (κ2) is 9.14. The van der Waals surface area contributed by atoms with Crippen molar-refractivity contribution >= 4 is 15.9 Å². The molecule has 1 aliphatic rings. The number of rotatable bonds is 8. The van der Waals surface area contributed by atoms with Crippen molar-refractivity contribution in [3.63, 3.8) is 0 Å². The number of benzene rings is 1. The van der Waals surface area contributed by atoms with E-state index in [-0.39, 0.29) is 35.2 Å². The van der Waals surface area contributed by atoms with Gasteiger partial charge in [0.15, 0.2) is 0 Å². The fourth-order valence-corrected chi connectivity index (χ4v) is 4.11. The van der Waals surface area contributed by atoms with Crippen LogP contribution in [-0.4, -0.2) is 65.1 Å². The van der Waals surface area contributed by atoms with E-state index in [4.69, 9.17) is 15.2 Å². The van der Waals surface area contributed by atoms with Crippen molar-refractivity contribution in [3.8, 4) is 5.75 Å². The van der Waals surface area contributed by atoms with Crippen molar-refractivity contribution in [1.82, 2.24) is 9.62 Å². The zero-order valence-electron chi connectivity index (χ0n) is 14.4. The molecule has 0 bridgehead atoms. The Kier molecular flexibility index (Phi) is 7.18. The molecule has 8 nitrogen and oxygen atoms in total. The van der Waals surface area contributed by atoms with Gasteiger partial charge in [-0.1, -0.05) is 0 Å². The van der Waals surface area contributed by atoms with Crippen LogP contribution in [0.3, 0.4) is 0 Å². The molecule has 2 rings (SSSR count). The van der Waals surface area contributed by atoms with Crippen molar-refractivity contribution in [2.45, 2.75) is 17.7 Å². The van der Waals surface area contributed by atoms with Gasteiger partial charge in [-0.3, -0.25) is 4.79 Å². The van der Waals surface area contributed by atoms with Gasteiger partial charge in [-0.25, -0.2) is 8.42 Å². The van der Waals surface area contributed by atoms with Crippen molar-refractivity contribution in [1.29, 1.82) is 0 Å². The van der Waals surface area contributed by atoms with Crippen molar-refractivity contribution in [2.75, 3.05) is 46.5 Å². The van der Waals surface area contributed by atoms with E-state index < -0.39 is 10.0 Å². The van der Waals surface area contributed by atoms with Gasteiger partial charge in [0.2, 0.25) is 10.0 Å². The van der Waals surface area contributed by atoms with Gasteiger partial charge in [-0.2, -0.15) is 4.31 Å². The van der Waals surface area contributed by atoms with Gasteiger partial charge in [0.05, 0.1) is 20.3 Å². The Morgan fingerprint density at radius 3 is 2.68 bits per heavy atom. The predicted molar refractivity (Wildman–Crippen MR) is 93.2 cm³/mol. The summed E-state index contributed by atoms with van der Waals surface area (Å²) in [6.07, 6.45) is 1.59. The molecule has 0 unspecified atom stereocenters. The molecule has 3 N–H and O–H groups in total. The first-order chi connectivity index (χ1) is 12.0. The average molecular weight is 371 g/mol. The summed E-state index contributed by atoms with van der Waals surface area (Å²) in [5.41, 5.74) is 5.70. The van der Waals surface area contributed by atoms with Gasteiger partial charge >= 0.3 is 0 Å². The van der Waals surface area contributed by atoms with E-state index in [1.807, 2.05) is 0 Å². The molecule has 1 aliphatic heterocycles. The maximum Gasteiger partial charge on any atom is 0.251 e. The second-order valence-corrected chi connectivity index (χ2v) is 7.54. The molecular formula is C16H25N3O5S. The number of morpholine rings is 1.